The van der Waals surface area contributed by atoms with Crippen molar-refractivity contribution < 1.29 is 8.42 Å². The smallest absolute Gasteiger partial charge is 0.208 e. The van der Waals surface area contributed by atoms with Crippen LogP contribution in [0.3, 0.4) is 0 Å². The highest BCUT2D eigenvalue weighted by atomic mass is 32.2. The van der Waals surface area contributed by atoms with E-state index in [1.165, 1.54) is 0 Å². The first-order valence-electron chi connectivity index (χ1n) is 5.11. The first-order valence-corrected chi connectivity index (χ1v) is 7.00. The van der Waals surface area contributed by atoms with Gasteiger partial charge in [0, 0.05) is 31.7 Å². The molecule has 0 spiro atoms. The lowest BCUT2D eigenvalue weighted by Crippen LogP contribution is -2.41. The molecular weight excluding hydrogens is 214 g/mol. The summed E-state index contributed by atoms with van der Waals surface area (Å²) >= 11 is 0. The van der Waals surface area contributed by atoms with Crippen molar-refractivity contribution in [3.8, 4) is 0 Å². The third-order valence-electron chi connectivity index (χ3n) is 1.62. The second-order valence-corrected chi connectivity index (χ2v) is 6.43. The summed E-state index contributed by atoms with van der Waals surface area (Å²) in [6, 6.07) is 0. The minimum absolute atomic E-state index is 0.132. The minimum atomic E-state index is -3.05. The topological polar surface area (TPSA) is 70.2 Å². The second-order valence-electron chi connectivity index (χ2n) is 4.59. The van der Waals surface area contributed by atoms with Gasteiger partial charge >= 0.3 is 0 Å². The fourth-order valence-electron chi connectivity index (χ4n) is 0.976. The number of nitrogens with one attached hydrogen (secondary N) is 3. The molecule has 0 amide bonds. The molecule has 0 aliphatic heterocycles. The Morgan fingerprint density at radius 1 is 1.00 bits per heavy atom. The van der Waals surface area contributed by atoms with Crippen LogP contribution < -0.4 is 15.4 Å². The van der Waals surface area contributed by atoms with Crippen LogP contribution >= 0.6 is 0 Å². The average Bonchev–Trinajstić information content (AvgIpc) is 1.98. The monoisotopic (exact) mass is 237 g/mol. The molecule has 0 aliphatic rings. The van der Waals surface area contributed by atoms with Gasteiger partial charge in [-0.15, -0.1) is 0 Å². The summed E-state index contributed by atoms with van der Waals surface area (Å²) in [5.74, 6) is 0. The predicted octanol–water partition coefficient (Wildman–Crippen LogP) is -0.487. The van der Waals surface area contributed by atoms with Crippen LogP contribution in [0.1, 0.15) is 20.8 Å². The Bertz CT molecular complexity index is 257. The predicted molar refractivity (Wildman–Crippen MR) is 63.5 cm³/mol. The van der Waals surface area contributed by atoms with Gasteiger partial charge in [0.1, 0.15) is 0 Å². The molecule has 0 unspecified atom stereocenters. The molecule has 0 atom stereocenters. The van der Waals surface area contributed by atoms with Gasteiger partial charge in [0.05, 0.1) is 6.26 Å². The molecule has 0 aliphatic carbocycles. The van der Waals surface area contributed by atoms with Gasteiger partial charge in [-0.2, -0.15) is 0 Å². The Balaban J connectivity index is 3.27. The zero-order valence-corrected chi connectivity index (χ0v) is 10.9. The molecule has 0 saturated carbocycles. The number of sulfonamides is 1. The second kappa shape index (κ2) is 6.42. The van der Waals surface area contributed by atoms with E-state index in [0.717, 1.165) is 19.3 Å². The molecule has 6 heteroatoms. The van der Waals surface area contributed by atoms with Gasteiger partial charge in [0.15, 0.2) is 0 Å². The molecule has 0 fully saturated rings. The van der Waals surface area contributed by atoms with E-state index in [9.17, 15) is 8.42 Å². The van der Waals surface area contributed by atoms with Crippen LogP contribution in [0.4, 0.5) is 0 Å². The Morgan fingerprint density at radius 2 is 1.53 bits per heavy atom. The Kier molecular flexibility index (Phi) is 6.35. The Morgan fingerprint density at radius 3 is 2.00 bits per heavy atom. The van der Waals surface area contributed by atoms with Gasteiger partial charge < -0.3 is 10.6 Å². The molecule has 0 aromatic carbocycles. The van der Waals surface area contributed by atoms with Gasteiger partial charge in [0.2, 0.25) is 10.0 Å². The van der Waals surface area contributed by atoms with E-state index in [-0.39, 0.29) is 5.54 Å². The first kappa shape index (κ1) is 14.8. The maximum absolute atomic E-state index is 10.7. The number of hydrogen-bond acceptors (Lipinski definition) is 4. The molecule has 0 aromatic rings. The molecule has 0 saturated heterocycles. The lowest BCUT2D eigenvalue weighted by Gasteiger charge is -2.20. The molecule has 3 N–H and O–H groups in total. The fourth-order valence-corrected chi connectivity index (χ4v) is 1.45. The molecule has 0 bridgehead atoms. The highest BCUT2D eigenvalue weighted by Crippen LogP contribution is 1.95. The Hall–Kier alpha value is -0.170. The third kappa shape index (κ3) is 13.8. The van der Waals surface area contributed by atoms with Crippen LogP contribution in [0.15, 0.2) is 0 Å². The molecule has 92 valence electrons. The SMILES string of the molecule is CC(C)(C)NCCNCCNS(C)(=O)=O. The van der Waals surface area contributed by atoms with Gasteiger partial charge in [0.25, 0.3) is 0 Å². The van der Waals surface area contributed by atoms with Crippen molar-refractivity contribution in [3.63, 3.8) is 0 Å². The molecule has 0 radical (unpaired) electrons. The van der Waals surface area contributed by atoms with E-state index in [0.29, 0.717) is 13.1 Å². The zero-order chi connectivity index (χ0) is 11.9. The van der Waals surface area contributed by atoms with Crippen LogP contribution in [0.2, 0.25) is 0 Å². The Labute approximate surface area is 93.1 Å². The number of rotatable bonds is 7. The van der Waals surface area contributed by atoms with Crippen LogP contribution in [-0.2, 0) is 10.0 Å². The van der Waals surface area contributed by atoms with Gasteiger partial charge in [-0.25, -0.2) is 13.1 Å². The highest BCUT2D eigenvalue weighted by Gasteiger charge is 2.06. The van der Waals surface area contributed by atoms with E-state index in [2.05, 4.69) is 36.1 Å². The third-order valence-corrected chi connectivity index (χ3v) is 2.35. The summed E-state index contributed by atoms with van der Waals surface area (Å²) < 4.78 is 23.8. The zero-order valence-electron chi connectivity index (χ0n) is 10.1. The standard InChI is InChI=1S/C9H23N3O2S/c1-9(2,3)11-7-5-10-6-8-12-15(4,13)14/h10-12H,5-8H2,1-4H3. The van der Waals surface area contributed by atoms with Gasteiger partial charge in [-0.1, -0.05) is 0 Å². The van der Waals surface area contributed by atoms with E-state index in [1.807, 2.05) is 0 Å². The van der Waals surface area contributed by atoms with Gasteiger partial charge in [-0.3, -0.25) is 0 Å². The van der Waals surface area contributed by atoms with Crippen molar-refractivity contribution in [2.75, 3.05) is 32.4 Å². The molecule has 5 nitrogen and oxygen atoms in total. The summed E-state index contributed by atoms with van der Waals surface area (Å²) in [5.41, 5.74) is 0.132. The molecule has 0 aromatic heterocycles. The van der Waals surface area contributed by atoms with Crippen molar-refractivity contribution in [3.05, 3.63) is 0 Å². The lowest BCUT2D eigenvalue weighted by atomic mass is 10.1. The minimum Gasteiger partial charge on any atom is -0.314 e. The van der Waals surface area contributed by atoms with Crippen LogP contribution in [0.5, 0.6) is 0 Å². The average molecular weight is 237 g/mol. The summed E-state index contributed by atoms with van der Waals surface area (Å²) in [5, 5.41) is 6.47. The summed E-state index contributed by atoms with van der Waals surface area (Å²) in [4.78, 5) is 0. The van der Waals surface area contributed by atoms with E-state index in [4.69, 9.17) is 0 Å². The summed E-state index contributed by atoms with van der Waals surface area (Å²) in [7, 11) is -3.05. The van der Waals surface area contributed by atoms with Crippen molar-refractivity contribution in [2.24, 2.45) is 0 Å². The fraction of sp³-hybridized carbons (Fsp3) is 1.00. The van der Waals surface area contributed by atoms with Crippen LogP contribution in [-0.4, -0.2) is 46.4 Å². The van der Waals surface area contributed by atoms with E-state index < -0.39 is 10.0 Å². The van der Waals surface area contributed by atoms with Crippen molar-refractivity contribution in [1.29, 1.82) is 0 Å². The normalized spacial score (nSPS) is 13.1. The largest absolute Gasteiger partial charge is 0.314 e. The van der Waals surface area contributed by atoms with E-state index in [1.54, 1.807) is 0 Å². The summed E-state index contributed by atoms with van der Waals surface area (Å²) in [6.45, 7) is 9.13. The first-order chi connectivity index (χ1) is 6.71. The van der Waals surface area contributed by atoms with E-state index >= 15 is 0 Å². The van der Waals surface area contributed by atoms with Crippen LogP contribution in [0.25, 0.3) is 0 Å². The van der Waals surface area contributed by atoms with Crippen molar-refractivity contribution in [1.82, 2.24) is 15.4 Å². The maximum atomic E-state index is 10.7. The quantitative estimate of drug-likeness (QED) is 0.523. The molecule has 0 rings (SSSR count). The molecular formula is C9H23N3O2S. The maximum Gasteiger partial charge on any atom is 0.208 e. The summed E-state index contributed by atoms with van der Waals surface area (Å²) in [6.07, 6.45) is 1.16. The van der Waals surface area contributed by atoms with Crippen molar-refractivity contribution >= 4 is 10.0 Å². The number of hydrogen-bond donors (Lipinski definition) is 3. The van der Waals surface area contributed by atoms with Gasteiger partial charge in [-0.05, 0) is 20.8 Å². The highest BCUT2D eigenvalue weighted by molar-refractivity contribution is 7.88. The molecule has 15 heavy (non-hydrogen) atoms. The molecule has 0 heterocycles. The lowest BCUT2D eigenvalue weighted by molar-refractivity contribution is 0.422. The van der Waals surface area contributed by atoms with Crippen molar-refractivity contribution in [2.45, 2.75) is 26.3 Å². The van der Waals surface area contributed by atoms with Crippen LogP contribution in [0, 0.1) is 0 Å².